The number of rotatable bonds is 4. The number of hydrogen-bond acceptors (Lipinski definition) is 1. The molecule has 1 atom stereocenters. The molecule has 0 aromatic heterocycles. The summed E-state index contributed by atoms with van der Waals surface area (Å²) in [5.41, 5.74) is 0. The molecule has 0 aliphatic rings. The Balaban J connectivity index is 3.25. The highest BCUT2D eigenvalue weighted by molar-refractivity contribution is 6.50. The van der Waals surface area contributed by atoms with Gasteiger partial charge in [-0.3, -0.25) is 0 Å². The zero-order chi connectivity index (χ0) is 7.28. The van der Waals surface area contributed by atoms with E-state index in [1.165, 1.54) is 0 Å². The minimum absolute atomic E-state index is 0.395. The van der Waals surface area contributed by atoms with Crippen molar-refractivity contribution in [2.45, 2.75) is 32.5 Å². The molecule has 0 aromatic carbocycles. The van der Waals surface area contributed by atoms with Crippen molar-refractivity contribution in [3.05, 3.63) is 12.7 Å². The summed E-state index contributed by atoms with van der Waals surface area (Å²) in [7, 11) is -0.878. The molecule has 0 spiro atoms. The van der Waals surface area contributed by atoms with Crippen LogP contribution in [-0.2, 0) is 4.43 Å². The summed E-state index contributed by atoms with van der Waals surface area (Å²) >= 11 is 0. The molecule has 2 heteroatoms. The van der Waals surface area contributed by atoms with Gasteiger partial charge >= 0.3 is 0 Å². The van der Waals surface area contributed by atoms with E-state index in [4.69, 9.17) is 4.43 Å². The molecule has 0 amide bonds. The zero-order valence-corrected chi connectivity index (χ0v) is 7.71. The SMILES string of the molecule is C=CC[SiH](C)OC(C)C. The van der Waals surface area contributed by atoms with Gasteiger partial charge in [0.05, 0.1) is 0 Å². The van der Waals surface area contributed by atoms with Gasteiger partial charge < -0.3 is 4.43 Å². The van der Waals surface area contributed by atoms with Gasteiger partial charge in [0.1, 0.15) is 0 Å². The van der Waals surface area contributed by atoms with Crippen LogP contribution >= 0.6 is 0 Å². The molecule has 0 saturated carbocycles. The number of allylic oxidation sites excluding steroid dienone is 1. The maximum absolute atomic E-state index is 5.56. The van der Waals surface area contributed by atoms with E-state index in [1.54, 1.807) is 0 Å². The summed E-state index contributed by atoms with van der Waals surface area (Å²) in [6, 6.07) is 1.08. The summed E-state index contributed by atoms with van der Waals surface area (Å²) in [5, 5.41) is 0. The summed E-state index contributed by atoms with van der Waals surface area (Å²) in [5.74, 6) is 0. The van der Waals surface area contributed by atoms with Gasteiger partial charge in [0.25, 0.3) is 0 Å². The molecule has 0 fully saturated rings. The number of hydrogen-bond donors (Lipinski definition) is 0. The summed E-state index contributed by atoms with van der Waals surface area (Å²) in [4.78, 5) is 0. The Bertz CT molecular complexity index is 81.0. The fourth-order valence-corrected chi connectivity index (χ4v) is 2.26. The van der Waals surface area contributed by atoms with Crippen molar-refractivity contribution in [1.29, 1.82) is 0 Å². The monoisotopic (exact) mass is 144 g/mol. The first-order valence-electron chi connectivity index (χ1n) is 3.43. The maximum atomic E-state index is 5.56. The smallest absolute Gasteiger partial charge is 0.177 e. The van der Waals surface area contributed by atoms with Gasteiger partial charge in [0, 0.05) is 6.10 Å². The van der Waals surface area contributed by atoms with Gasteiger partial charge in [-0.05, 0) is 26.4 Å². The van der Waals surface area contributed by atoms with Crippen LogP contribution in [0.5, 0.6) is 0 Å². The van der Waals surface area contributed by atoms with Crippen molar-refractivity contribution < 1.29 is 4.43 Å². The summed E-state index contributed by atoms with van der Waals surface area (Å²) < 4.78 is 5.56. The van der Waals surface area contributed by atoms with Crippen LogP contribution in [-0.4, -0.2) is 15.1 Å². The Morgan fingerprint density at radius 1 is 1.67 bits per heavy atom. The molecule has 0 aliphatic carbocycles. The third-order valence-corrected chi connectivity index (χ3v) is 3.01. The minimum atomic E-state index is -0.878. The van der Waals surface area contributed by atoms with E-state index in [0.717, 1.165) is 6.04 Å². The Kier molecular flexibility index (Phi) is 4.72. The van der Waals surface area contributed by atoms with Crippen LogP contribution in [0, 0.1) is 0 Å². The van der Waals surface area contributed by atoms with Crippen LogP contribution < -0.4 is 0 Å². The first kappa shape index (κ1) is 8.92. The molecule has 0 aromatic rings. The second-order valence-corrected chi connectivity index (χ2v) is 4.88. The van der Waals surface area contributed by atoms with Gasteiger partial charge in [-0.2, -0.15) is 0 Å². The largest absolute Gasteiger partial charge is 0.418 e. The van der Waals surface area contributed by atoms with E-state index in [9.17, 15) is 0 Å². The Morgan fingerprint density at radius 2 is 2.22 bits per heavy atom. The lowest BCUT2D eigenvalue weighted by molar-refractivity contribution is 0.245. The lowest BCUT2D eigenvalue weighted by Gasteiger charge is -2.12. The van der Waals surface area contributed by atoms with Gasteiger partial charge in [-0.25, -0.2) is 0 Å². The minimum Gasteiger partial charge on any atom is -0.418 e. The normalized spacial score (nSPS) is 13.8. The highest BCUT2D eigenvalue weighted by Gasteiger charge is 2.02. The fraction of sp³-hybridized carbons (Fsp3) is 0.714. The molecule has 0 bridgehead atoms. The Morgan fingerprint density at radius 3 is 2.56 bits per heavy atom. The molecule has 0 N–H and O–H groups in total. The average Bonchev–Trinajstić information content (AvgIpc) is 1.63. The van der Waals surface area contributed by atoms with Crippen LogP contribution in [0.25, 0.3) is 0 Å². The highest BCUT2D eigenvalue weighted by atomic mass is 28.3. The van der Waals surface area contributed by atoms with Crippen LogP contribution in [0.15, 0.2) is 12.7 Å². The second kappa shape index (κ2) is 4.76. The Hall–Kier alpha value is -0.0831. The van der Waals surface area contributed by atoms with Gasteiger partial charge in [-0.15, -0.1) is 6.58 Å². The lowest BCUT2D eigenvalue weighted by Crippen LogP contribution is -2.17. The van der Waals surface area contributed by atoms with Crippen LogP contribution in [0.2, 0.25) is 12.6 Å². The first-order valence-corrected chi connectivity index (χ1v) is 5.87. The van der Waals surface area contributed by atoms with Crippen LogP contribution in [0.3, 0.4) is 0 Å². The molecule has 54 valence electrons. The molecule has 0 radical (unpaired) electrons. The van der Waals surface area contributed by atoms with Gasteiger partial charge in [0.2, 0.25) is 0 Å². The fourth-order valence-electron chi connectivity index (χ4n) is 0.755. The highest BCUT2D eigenvalue weighted by Crippen LogP contribution is 1.98. The third-order valence-electron chi connectivity index (χ3n) is 1.00. The maximum Gasteiger partial charge on any atom is 0.177 e. The zero-order valence-electron chi connectivity index (χ0n) is 6.55. The molecule has 0 saturated heterocycles. The van der Waals surface area contributed by atoms with E-state index in [2.05, 4.69) is 27.0 Å². The Labute approximate surface area is 59.5 Å². The molecule has 0 heterocycles. The lowest BCUT2D eigenvalue weighted by atomic mass is 10.5. The van der Waals surface area contributed by atoms with Crippen molar-refractivity contribution in [1.82, 2.24) is 0 Å². The van der Waals surface area contributed by atoms with Crippen molar-refractivity contribution in [3.63, 3.8) is 0 Å². The quantitative estimate of drug-likeness (QED) is 0.433. The molecule has 9 heavy (non-hydrogen) atoms. The average molecular weight is 144 g/mol. The van der Waals surface area contributed by atoms with E-state index >= 15 is 0 Å². The van der Waals surface area contributed by atoms with Crippen LogP contribution in [0.4, 0.5) is 0 Å². The van der Waals surface area contributed by atoms with E-state index in [0.29, 0.717) is 6.10 Å². The van der Waals surface area contributed by atoms with Crippen molar-refractivity contribution >= 4 is 9.04 Å². The van der Waals surface area contributed by atoms with Crippen molar-refractivity contribution in [3.8, 4) is 0 Å². The van der Waals surface area contributed by atoms with Crippen molar-refractivity contribution in [2.24, 2.45) is 0 Å². The predicted octanol–water partition coefficient (Wildman–Crippen LogP) is 1.95. The molecule has 1 unspecified atom stereocenters. The molecular weight excluding hydrogens is 128 g/mol. The van der Waals surface area contributed by atoms with E-state index in [1.807, 2.05) is 6.08 Å². The molecular formula is C7H16OSi. The van der Waals surface area contributed by atoms with Gasteiger partial charge in [0.15, 0.2) is 9.04 Å². The first-order chi connectivity index (χ1) is 4.16. The summed E-state index contributed by atoms with van der Waals surface area (Å²) in [6.07, 6.45) is 2.34. The summed E-state index contributed by atoms with van der Waals surface area (Å²) in [6.45, 7) is 10.0. The molecule has 0 rings (SSSR count). The topological polar surface area (TPSA) is 9.23 Å². The van der Waals surface area contributed by atoms with Crippen molar-refractivity contribution in [2.75, 3.05) is 0 Å². The molecule has 1 nitrogen and oxygen atoms in total. The predicted molar refractivity (Wildman–Crippen MR) is 44.2 cm³/mol. The third kappa shape index (κ3) is 5.79. The van der Waals surface area contributed by atoms with Gasteiger partial charge in [-0.1, -0.05) is 6.08 Å². The molecule has 0 aliphatic heterocycles. The van der Waals surface area contributed by atoms with E-state index in [-0.39, 0.29) is 0 Å². The standard InChI is InChI=1S/C7H16OSi/c1-5-6-9(4)8-7(2)3/h5,7,9H,1,6H2,2-4H3. The van der Waals surface area contributed by atoms with Crippen LogP contribution in [0.1, 0.15) is 13.8 Å². The van der Waals surface area contributed by atoms with E-state index < -0.39 is 9.04 Å². The second-order valence-electron chi connectivity index (χ2n) is 2.52.